The Kier molecular flexibility index (Phi) is 4.51. The molecule has 0 heterocycles. The van der Waals surface area contributed by atoms with Gasteiger partial charge in [-0.05, 0) is 37.6 Å². The zero-order valence-electron chi connectivity index (χ0n) is 9.25. The van der Waals surface area contributed by atoms with Gasteiger partial charge in [0.05, 0.1) is 12.5 Å². The van der Waals surface area contributed by atoms with E-state index in [0.717, 1.165) is 10.0 Å². The molecule has 1 atom stereocenters. The van der Waals surface area contributed by atoms with E-state index in [-0.39, 0.29) is 11.9 Å². The maximum absolute atomic E-state index is 11.8. The summed E-state index contributed by atoms with van der Waals surface area (Å²) in [6, 6.07) is 7.42. The highest BCUT2D eigenvalue weighted by atomic mass is 79.9. The summed E-state index contributed by atoms with van der Waals surface area (Å²) in [6.45, 7) is 3.74. The van der Waals surface area contributed by atoms with Crippen LogP contribution in [0.25, 0.3) is 0 Å². The summed E-state index contributed by atoms with van der Waals surface area (Å²) in [4.78, 5) is 11.8. The van der Waals surface area contributed by atoms with Crippen LogP contribution in [0.2, 0.25) is 0 Å². The van der Waals surface area contributed by atoms with Crippen molar-refractivity contribution < 1.29 is 4.79 Å². The van der Waals surface area contributed by atoms with Crippen LogP contribution in [0.15, 0.2) is 22.7 Å². The standard InChI is InChI=1S/C12H13BrN2O/c1-8-5-10(7-11(13)6-8)12(16)15-9(2)3-4-14/h5-7,9H,3H2,1-2H3,(H,15,16). The summed E-state index contributed by atoms with van der Waals surface area (Å²) in [5.41, 5.74) is 1.63. The number of carbonyl (C=O) groups excluding carboxylic acids is 1. The summed E-state index contributed by atoms with van der Waals surface area (Å²) in [5.74, 6) is -0.146. The van der Waals surface area contributed by atoms with Crippen LogP contribution in [0.4, 0.5) is 0 Å². The summed E-state index contributed by atoms with van der Waals surface area (Å²) >= 11 is 3.35. The number of nitriles is 1. The number of carbonyl (C=O) groups is 1. The van der Waals surface area contributed by atoms with Gasteiger partial charge in [0, 0.05) is 16.1 Å². The Morgan fingerprint density at radius 2 is 2.25 bits per heavy atom. The minimum atomic E-state index is -0.146. The predicted molar refractivity (Wildman–Crippen MR) is 66.0 cm³/mol. The molecule has 0 aliphatic heterocycles. The first-order valence-corrected chi connectivity index (χ1v) is 5.77. The van der Waals surface area contributed by atoms with Crippen molar-refractivity contribution in [3.63, 3.8) is 0 Å². The molecule has 1 N–H and O–H groups in total. The van der Waals surface area contributed by atoms with E-state index >= 15 is 0 Å². The monoisotopic (exact) mass is 280 g/mol. The molecule has 1 rings (SSSR count). The highest BCUT2D eigenvalue weighted by Gasteiger charge is 2.10. The van der Waals surface area contributed by atoms with Crippen LogP contribution < -0.4 is 5.32 Å². The largest absolute Gasteiger partial charge is 0.349 e. The van der Waals surface area contributed by atoms with Crippen molar-refractivity contribution in [1.29, 1.82) is 5.26 Å². The molecule has 4 heteroatoms. The van der Waals surface area contributed by atoms with Crippen LogP contribution in [0.3, 0.4) is 0 Å². The fourth-order valence-electron chi connectivity index (χ4n) is 1.36. The Labute approximate surface area is 104 Å². The van der Waals surface area contributed by atoms with Crippen molar-refractivity contribution in [1.82, 2.24) is 5.32 Å². The van der Waals surface area contributed by atoms with Crippen LogP contribution in [0.1, 0.15) is 29.3 Å². The molecule has 16 heavy (non-hydrogen) atoms. The lowest BCUT2D eigenvalue weighted by atomic mass is 10.1. The Morgan fingerprint density at radius 1 is 1.56 bits per heavy atom. The van der Waals surface area contributed by atoms with Crippen molar-refractivity contribution in [2.24, 2.45) is 0 Å². The topological polar surface area (TPSA) is 52.9 Å². The van der Waals surface area contributed by atoms with Gasteiger partial charge in [-0.25, -0.2) is 0 Å². The molecule has 0 spiro atoms. The minimum absolute atomic E-state index is 0.128. The molecule has 1 aromatic rings. The predicted octanol–water partition coefficient (Wildman–Crippen LogP) is 2.79. The molecule has 3 nitrogen and oxygen atoms in total. The van der Waals surface area contributed by atoms with Gasteiger partial charge >= 0.3 is 0 Å². The fourth-order valence-corrected chi connectivity index (χ4v) is 1.97. The van der Waals surface area contributed by atoms with Crippen molar-refractivity contribution in [3.05, 3.63) is 33.8 Å². The maximum atomic E-state index is 11.8. The molecule has 0 fully saturated rings. The van der Waals surface area contributed by atoms with E-state index < -0.39 is 0 Å². The first-order chi connectivity index (χ1) is 7.52. The molecule has 0 aliphatic rings. The molecule has 0 bridgehead atoms. The number of rotatable bonds is 3. The highest BCUT2D eigenvalue weighted by Crippen LogP contribution is 2.15. The van der Waals surface area contributed by atoms with Gasteiger partial charge in [0.1, 0.15) is 0 Å². The number of benzene rings is 1. The van der Waals surface area contributed by atoms with Crippen molar-refractivity contribution in [3.8, 4) is 6.07 Å². The molecule has 0 radical (unpaired) electrons. The van der Waals surface area contributed by atoms with Gasteiger partial charge in [-0.3, -0.25) is 4.79 Å². The normalized spacial score (nSPS) is 11.6. The van der Waals surface area contributed by atoms with Gasteiger partial charge in [-0.1, -0.05) is 15.9 Å². The third-order valence-corrected chi connectivity index (χ3v) is 2.54. The van der Waals surface area contributed by atoms with E-state index in [0.29, 0.717) is 12.0 Å². The highest BCUT2D eigenvalue weighted by molar-refractivity contribution is 9.10. The number of nitrogens with zero attached hydrogens (tertiary/aromatic N) is 1. The van der Waals surface area contributed by atoms with Gasteiger partial charge in [0.2, 0.25) is 0 Å². The van der Waals surface area contributed by atoms with Crippen LogP contribution in [-0.4, -0.2) is 11.9 Å². The third-order valence-electron chi connectivity index (χ3n) is 2.08. The lowest BCUT2D eigenvalue weighted by Gasteiger charge is -2.10. The number of aryl methyl sites for hydroxylation is 1. The summed E-state index contributed by atoms with van der Waals surface area (Å²) < 4.78 is 0.880. The second-order valence-electron chi connectivity index (χ2n) is 3.75. The molecule has 84 valence electrons. The van der Waals surface area contributed by atoms with Gasteiger partial charge in [0.15, 0.2) is 0 Å². The second kappa shape index (κ2) is 5.66. The van der Waals surface area contributed by atoms with E-state index in [4.69, 9.17) is 5.26 Å². The van der Waals surface area contributed by atoms with E-state index in [9.17, 15) is 4.79 Å². The first kappa shape index (κ1) is 12.7. The molecule has 1 amide bonds. The summed E-state index contributed by atoms with van der Waals surface area (Å²) in [7, 11) is 0. The van der Waals surface area contributed by atoms with E-state index in [1.807, 2.05) is 32.0 Å². The number of nitrogens with one attached hydrogen (secondary N) is 1. The number of hydrogen-bond donors (Lipinski definition) is 1. The molecule has 1 unspecified atom stereocenters. The van der Waals surface area contributed by atoms with E-state index in [1.54, 1.807) is 6.07 Å². The molecule has 0 saturated heterocycles. The Hall–Kier alpha value is -1.34. The SMILES string of the molecule is Cc1cc(Br)cc(C(=O)NC(C)CC#N)c1. The average Bonchev–Trinajstić information content (AvgIpc) is 2.16. The summed E-state index contributed by atoms with van der Waals surface area (Å²) in [6.07, 6.45) is 0.318. The minimum Gasteiger partial charge on any atom is -0.349 e. The molecular weight excluding hydrogens is 268 g/mol. The number of hydrogen-bond acceptors (Lipinski definition) is 2. The number of halogens is 1. The molecule has 0 aromatic heterocycles. The Balaban J connectivity index is 2.77. The lowest BCUT2D eigenvalue weighted by Crippen LogP contribution is -2.32. The first-order valence-electron chi connectivity index (χ1n) is 4.98. The van der Waals surface area contributed by atoms with Crippen LogP contribution in [0.5, 0.6) is 0 Å². The number of amides is 1. The second-order valence-corrected chi connectivity index (χ2v) is 4.67. The van der Waals surface area contributed by atoms with Gasteiger partial charge in [0.25, 0.3) is 5.91 Å². The van der Waals surface area contributed by atoms with Crippen LogP contribution in [-0.2, 0) is 0 Å². The molecular formula is C12H13BrN2O. The lowest BCUT2D eigenvalue weighted by molar-refractivity contribution is 0.0940. The van der Waals surface area contributed by atoms with Gasteiger partial charge in [-0.2, -0.15) is 5.26 Å². The van der Waals surface area contributed by atoms with E-state index in [2.05, 4.69) is 21.2 Å². The summed E-state index contributed by atoms with van der Waals surface area (Å²) in [5, 5.41) is 11.3. The van der Waals surface area contributed by atoms with Crippen molar-refractivity contribution in [2.75, 3.05) is 0 Å². The maximum Gasteiger partial charge on any atom is 0.251 e. The average molecular weight is 281 g/mol. The quantitative estimate of drug-likeness (QED) is 0.926. The molecule has 0 aliphatic carbocycles. The van der Waals surface area contributed by atoms with E-state index in [1.165, 1.54) is 0 Å². The zero-order chi connectivity index (χ0) is 12.1. The Morgan fingerprint density at radius 3 is 2.81 bits per heavy atom. The Bertz CT molecular complexity index is 417. The third kappa shape index (κ3) is 3.67. The smallest absolute Gasteiger partial charge is 0.251 e. The fraction of sp³-hybridized carbons (Fsp3) is 0.333. The van der Waals surface area contributed by atoms with Crippen molar-refractivity contribution in [2.45, 2.75) is 26.3 Å². The van der Waals surface area contributed by atoms with Gasteiger partial charge in [-0.15, -0.1) is 0 Å². The van der Waals surface area contributed by atoms with Crippen molar-refractivity contribution >= 4 is 21.8 Å². The zero-order valence-corrected chi connectivity index (χ0v) is 10.8. The van der Waals surface area contributed by atoms with Crippen LogP contribution in [0, 0.1) is 18.3 Å². The van der Waals surface area contributed by atoms with Gasteiger partial charge < -0.3 is 5.32 Å². The van der Waals surface area contributed by atoms with Crippen LogP contribution >= 0.6 is 15.9 Å². The molecule has 0 saturated carbocycles. The molecule has 1 aromatic carbocycles.